The van der Waals surface area contributed by atoms with E-state index in [1.807, 2.05) is 25.1 Å². The van der Waals surface area contributed by atoms with Crippen LogP contribution in [-0.2, 0) is 11.2 Å². The Hall–Kier alpha value is -1.68. The summed E-state index contributed by atoms with van der Waals surface area (Å²) < 4.78 is 4.71. The fourth-order valence-corrected chi connectivity index (χ4v) is 2.60. The maximum absolute atomic E-state index is 11.4. The Morgan fingerprint density at radius 1 is 1.35 bits per heavy atom. The molecule has 17 heavy (non-hydrogen) atoms. The first-order chi connectivity index (χ1) is 8.20. The van der Waals surface area contributed by atoms with Crippen molar-refractivity contribution in [3.05, 3.63) is 51.5 Å². The zero-order chi connectivity index (χ0) is 12.3. The van der Waals surface area contributed by atoms with Gasteiger partial charge in [0.2, 0.25) is 0 Å². The number of carbonyl (C=O) groups excluding carboxylic acids is 1. The van der Waals surface area contributed by atoms with E-state index in [2.05, 4.69) is 17.1 Å². The van der Waals surface area contributed by atoms with Crippen LogP contribution in [0.4, 0.5) is 0 Å². The number of benzene rings is 1. The van der Waals surface area contributed by atoms with Gasteiger partial charge in [-0.15, -0.1) is 11.3 Å². The highest BCUT2D eigenvalue weighted by atomic mass is 32.1. The summed E-state index contributed by atoms with van der Waals surface area (Å²) in [5.74, 6) is -0.306. The molecule has 4 heteroatoms. The lowest BCUT2D eigenvalue weighted by atomic mass is 10.2. The number of hydrogen-bond acceptors (Lipinski definition) is 4. The van der Waals surface area contributed by atoms with E-state index < -0.39 is 0 Å². The predicted molar refractivity (Wildman–Crippen MR) is 67.4 cm³/mol. The van der Waals surface area contributed by atoms with Crippen molar-refractivity contribution in [1.29, 1.82) is 0 Å². The van der Waals surface area contributed by atoms with Crippen molar-refractivity contribution in [2.75, 3.05) is 7.11 Å². The largest absolute Gasteiger partial charge is 0.465 e. The fourth-order valence-electron chi connectivity index (χ4n) is 1.58. The van der Waals surface area contributed by atoms with Gasteiger partial charge in [0.15, 0.2) is 0 Å². The summed E-state index contributed by atoms with van der Waals surface area (Å²) in [4.78, 5) is 16.4. The molecule has 1 aromatic heterocycles. The van der Waals surface area contributed by atoms with E-state index in [4.69, 9.17) is 4.74 Å². The number of ether oxygens (including phenoxy) is 1. The third-order valence-corrected chi connectivity index (χ3v) is 3.55. The Labute approximate surface area is 104 Å². The molecule has 0 bridgehead atoms. The van der Waals surface area contributed by atoms with E-state index in [-0.39, 0.29) is 5.97 Å². The molecule has 0 saturated heterocycles. The van der Waals surface area contributed by atoms with Crippen LogP contribution in [-0.4, -0.2) is 18.1 Å². The van der Waals surface area contributed by atoms with Gasteiger partial charge in [-0.25, -0.2) is 9.78 Å². The average Bonchev–Trinajstić information content (AvgIpc) is 2.70. The quantitative estimate of drug-likeness (QED) is 0.783. The van der Waals surface area contributed by atoms with Gasteiger partial charge in [-0.2, -0.15) is 0 Å². The van der Waals surface area contributed by atoms with E-state index in [0.717, 1.165) is 17.1 Å². The van der Waals surface area contributed by atoms with Crippen molar-refractivity contribution in [3.8, 4) is 0 Å². The first-order valence-corrected chi connectivity index (χ1v) is 6.11. The van der Waals surface area contributed by atoms with Crippen molar-refractivity contribution in [2.24, 2.45) is 0 Å². The normalized spacial score (nSPS) is 10.2. The molecule has 0 saturated carbocycles. The molecule has 0 amide bonds. The van der Waals surface area contributed by atoms with Gasteiger partial charge in [-0.05, 0) is 12.5 Å². The van der Waals surface area contributed by atoms with Gasteiger partial charge in [0.1, 0.15) is 4.88 Å². The molecule has 0 fully saturated rings. The second-order valence-electron chi connectivity index (χ2n) is 3.68. The summed E-state index contributed by atoms with van der Waals surface area (Å²) in [6, 6.07) is 10.1. The van der Waals surface area contributed by atoms with Crippen molar-refractivity contribution < 1.29 is 9.53 Å². The SMILES string of the molecule is COC(=O)c1sc(Cc2ccccc2)nc1C. The van der Waals surface area contributed by atoms with Crippen molar-refractivity contribution in [2.45, 2.75) is 13.3 Å². The molecule has 1 aromatic carbocycles. The number of thiazole rings is 1. The maximum atomic E-state index is 11.4. The topological polar surface area (TPSA) is 39.2 Å². The second-order valence-corrected chi connectivity index (χ2v) is 4.76. The molecule has 88 valence electrons. The first-order valence-electron chi connectivity index (χ1n) is 5.29. The highest BCUT2D eigenvalue weighted by Gasteiger charge is 2.15. The lowest BCUT2D eigenvalue weighted by molar-refractivity contribution is 0.0605. The summed E-state index contributed by atoms with van der Waals surface area (Å²) in [5, 5.41) is 0.939. The minimum Gasteiger partial charge on any atom is -0.465 e. The Bertz CT molecular complexity index is 519. The molecule has 3 nitrogen and oxygen atoms in total. The highest BCUT2D eigenvalue weighted by molar-refractivity contribution is 7.13. The molecular formula is C13H13NO2S. The summed E-state index contributed by atoms with van der Waals surface area (Å²) in [6.45, 7) is 1.83. The molecule has 0 aliphatic heterocycles. The minimum atomic E-state index is -0.306. The molecule has 2 aromatic rings. The molecule has 0 spiro atoms. The van der Waals surface area contributed by atoms with Crippen LogP contribution in [0.5, 0.6) is 0 Å². The number of rotatable bonds is 3. The average molecular weight is 247 g/mol. The second kappa shape index (κ2) is 5.10. The van der Waals surface area contributed by atoms with Gasteiger partial charge in [0.05, 0.1) is 17.8 Å². The number of nitrogens with zero attached hydrogens (tertiary/aromatic N) is 1. The minimum absolute atomic E-state index is 0.306. The number of hydrogen-bond donors (Lipinski definition) is 0. The number of carbonyl (C=O) groups is 1. The molecule has 0 atom stereocenters. The molecule has 1 heterocycles. The lowest BCUT2D eigenvalue weighted by Gasteiger charge is -1.95. The highest BCUT2D eigenvalue weighted by Crippen LogP contribution is 2.21. The van der Waals surface area contributed by atoms with Crippen molar-refractivity contribution in [1.82, 2.24) is 4.98 Å². The number of aryl methyl sites for hydroxylation is 1. The van der Waals surface area contributed by atoms with Gasteiger partial charge in [-0.1, -0.05) is 30.3 Å². The molecular weight excluding hydrogens is 234 g/mol. The summed E-state index contributed by atoms with van der Waals surface area (Å²) in [7, 11) is 1.39. The molecule has 0 aliphatic carbocycles. The van der Waals surface area contributed by atoms with E-state index in [1.54, 1.807) is 0 Å². The van der Waals surface area contributed by atoms with E-state index >= 15 is 0 Å². The summed E-state index contributed by atoms with van der Waals surface area (Å²) >= 11 is 1.40. The molecule has 0 aliphatic rings. The molecule has 0 unspecified atom stereocenters. The van der Waals surface area contributed by atoms with E-state index in [0.29, 0.717) is 4.88 Å². The number of methoxy groups -OCH3 is 1. The van der Waals surface area contributed by atoms with Crippen LogP contribution in [0.2, 0.25) is 0 Å². The Morgan fingerprint density at radius 2 is 2.06 bits per heavy atom. The first kappa shape index (κ1) is 11.8. The Kier molecular flexibility index (Phi) is 3.54. The smallest absolute Gasteiger partial charge is 0.349 e. The summed E-state index contributed by atoms with van der Waals surface area (Å²) in [5.41, 5.74) is 1.94. The standard InChI is InChI=1S/C13H13NO2S/c1-9-12(13(15)16-2)17-11(14-9)8-10-6-4-3-5-7-10/h3-7H,8H2,1-2H3. The van der Waals surface area contributed by atoms with Crippen LogP contribution in [0, 0.1) is 6.92 Å². The van der Waals surface area contributed by atoms with Crippen molar-refractivity contribution in [3.63, 3.8) is 0 Å². The van der Waals surface area contributed by atoms with Gasteiger partial charge in [0.25, 0.3) is 0 Å². The number of aromatic nitrogens is 1. The zero-order valence-electron chi connectivity index (χ0n) is 9.77. The summed E-state index contributed by atoms with van der Waals surface area (Å²) in [6.07, 6.45) is 0.753. The van der Waals surface area contributed by atoms with Gasteiger partial charge >= 0.3 is 5.97 Å². The monoisotopic (exact) mass is 247 g/mol. The van der Waals surface area contributed by atoms with Gasteiger partial charge < -0.3 is 4.74 Å². The molecule has 0 radical (unpaired) electrons. The Balaban J connectivity index is 2.21. The van der Waals surface area contributed by atoms with E-state index in [9.17, 15) is 4.79 Å². The van der Waals surface area contributed by atoms with Crippen LogP contribution in [0.3, 0.4) is 0 Å². The third kappa shape index (κ3) is 2.71. The molecule has 2 rings (SSSR count). The third-order valence-electron chi connectivity index (χ3n) is 2.41. The van der Waals surface area contributed by atoms with Crippen LogP contribution in [0.1, 0.15) is 25.9 Å². The van der Waals surface area contributed by atoms with Gasteiger partial charge in [-0.3, -0.25) is 0 Å². The Morgan fingerprint density at radius 3 is 2.71 bits per heavy atom. The van der Waals surface area contributed by atoms with E-state index in [1.165, 1.54) is 24.0 Å². The lowest BCUT2D eigenvalue weighted by Crippen LogP contribution is -1.99. The van der Waals surface area contributed by atoms with Crippen LogP contribution in [0.25, 0.3) is 0 Å². The fraction of sp³-hybridized carbons (Fsp3) is 0.231. The van der Waals surface area contributed by atoms with Crippen LogP contribution in [0.15, 0.2) is 30.3 Å². The van der Waals surface area contributed by atoms with Gasteiger partial charge in [0, 0.05) is 6.42 Å². The van der Waals surface area contributed by atoms with Crippen LogP contribution >= 0.6 is 11.3 Å². The van der Waals surface area contributed by atoms with Crippen molar-refractivity contribution >= 4 is 17.3 Å². The maximum Gasteiger partial charge on any atom is 0.349 e. The number of esters is 1. The molecule has 0 N–H and O–H groups in total. The predicted octanol–water partition coefficient (Wildman–Crippen LogP) is 2.83. The van der Waals surface area contributed by atoms with Crippen LogP contribution < -0.4 is 0 Å². The zero-order valence-corrected chi connectivity index (χ0v) is 10.6.